The van der Waals surface area contributed by atoms with Crippen LogP contribution >= 0.6 is 11.8 Å². The van der Waals surface area contributed by atoms with Crippen LogP contribution in [0.3, 0.4) is 0 Å². The fourth-order valence-electron chi connectivity index (χ4n) is 3.43. The second kappa shape index (κ2) is 8.25. The first-order chi connectivity index (χ1) is 14.8. The normalized spacial score (nSPS) is 13.5. The summed E-state index contributed by atoms with van der Waals surface area (Å²) in [6.45, 7) is 2.58. The fraction of sp³-hybridized carbons (Fsp3) is 0.200. The third-order valence-corrected chi connectivity index (χ3v) is 6.91. The first-order valence-corrected chi connectivity index (χ1v) is 11.6. The fourth-order valence-corrected chi connectivity index (χ4v) is 5.10. The number of fused-ring (bicyclic) bond motifs is 5. The minimum Gasteiger partial charge on any atom is -0.471 e. The zero-order valence-corrected chi connectivity index (χ0v) is 18.3. The third-order valence-electron chi connectivity index (χ3n) is 4.77. The molecule has 0 bridgehead atoms. The van der Waals surface area contributed by atoms with Crippen molar-refractivity contribution in [3.63, 3.8) is 0 Å². The van der Waals surface area contributed by atoms with Crippen molar-refractivity contribution in [2.24, 2.45) is 5.14 Å². The molecule has 0 unspecified atom stereocenters. The molecule has 2 N–H and O–H groups in total. The number of ether oxygens (including phenoxy) is 3. The van der Waals surface area contributed by atoms with Crippen LogP contribution in [0.5, 0.6) is 11.5 Å². The number of benzene rings is 2. The molecule has 0 spiro atoms. The molecule has 1 aromatic heterocycles. The van der Waals surface area contributed by atoms with Crippen LogP contribution in [-0.2, 0) is 25.3 Å². The van der Waals surface area contributed by atoms with Crippen molar-refractivity contribution in [1.29, 1.82) is 0 Å². The number of primary sulfonamides is 1. The number of aryl methyl sites for hydroxylation is 1. The van der Waals surface area contributed by atoms with Crippen LogP contribution in [0.2, 0.25) is 0 Å². The number of hydrogen-bond donors (Lipinski definition) is 1. The molecule has 2 aliphatic heterocycles. The van der Waals surface area contributed by atoms with Gasteiger partial charge in [-0.05, 0) is 43.3 Å². The van der Waals surface area contributed by atoms with E-state index in [1.54, 1.807) is 23.9 Å². The molecule has 0 radical (unpaired) electrons. The van der Waals surface area contributed by atoms with E-state index in [-0.39, 0.29) is 11.7 Å². The van der Waals surface area contributed by atoms with Crippen LogP contribution in [0.15, 0.2) is 46.2 Å². The number of nitrogens with zero attached hydrogens (tertiary/aromatic N) is 2. The molecule has 2 aliphatic rings. The lowest BCUT2D eigenvalue weighted by molar-refractivity contribution is -0.126. The van der Waals surface area contributed by atoms with Gasteiger partial charge in [-0.3, -0.25) is 4.79 Å². The molecule has 0 aliphatic carbocycles. The molecule has 3 aromatic rings. The predicted molar refractivity (Wildman–Crippen MR) is 114 cm³/mol. The zero-order valence-electron chi connectivity index (χ0n) is 16.7. The van der Waals surface area contributed by atoms with Gasteiger partial charge in [0, 0.05) is 16.9 Å². The molecule has 3 heterocycles. The Bertz CT molecular complexity index is 1250. The van der Waals surface area contributed by atoms with Crippen LogP contribution in [0.25, 0.3) is 16.9 Å². The first kappa shape index (κ1) is 21.2. The van der Waals surface area contributed by atoms with E-state index < -0.39 is 10.0 Å². The summed E-state index contributed by atoms with van der Waals surface area (Å²) in [5, 5.41) is 9.89. The summed E-state index contributed by atoms with van der Waals surface area (Å²) in [6, 6.07) is 10.3. The Morgan fingerprint density at radius 2 is 1.90 bits per heavy atom. The molecular weight excluding hydrogens is 442 g/mol. The summed E-state index contributed by atoms with van der Waals surface area (Å²) in [4.78, 5) is 10.1. The van der Waals surface area contributed by atoms with Crippen LogP contribution < -0.4 is 14.6 Å². The number of nitrogens with two attached hydrogens (primary N) is 1. The van der Waals surface area contributed by atoms with Crippen molar-refractivity contribution in [3.8, 4) is 28.4 Å². The lowest BCUT2D eigenvalue weighted by atomic mass is 10.0. The summed E-state index contributed by atoms with van der Waals surface area (Å²) < 4.78 is 39.9. The molecule has 0 fully saturated rings. The zero-order chi connectivity index (χ0) is 22.2. The van der Waals surface area contributed by atoms with Gasteiger partial charge in [-0.2, -0.15) is 5.10 Å². The number of thioether (sulfide) groups is 1. The van der Waals surface area contributed by atoms with E-state index in [0.29, 0.717) is 6.47 Å². The molecular formula is C20H19N3O6S2. The summed E-state index contributed by atoms with van der Waals surface area (Å²) in [5.74, 6) is 2.34. The van der Waals surface area contributed by atoms with E-state index in [0.717, 1.165) is 50.3 Å². The summed E-state index contributed by atoms with van der Waals surface area (Å²) in [6.07, 6.45) is 0. The topological polar surface area (TPSA) is 123 Å². The Balaban J connectivity index is 0.000000535. The molecule has 162 valence electrons. The Morgan fingerprint density at radius 1 is 1.19 bits per heavy atom. The lowest BCUT2D eigenvalue weighted by Crippen LogP contribution is -2.12. The van der Waals surface area contributed by atoms with Crippen molar-refractivity contribution in [1.82, 2.24) is 9.78 Å². The lowest BCUT2D eigenvalue weighted by Gasteiger charge is -2.19. The summed E-state index contributed by atoms with van der Waals surface area (Å²) >= 11 is 1.71. The Kier molecular flexibility index (Phi) is 5.65. The van der Waals surface area contributed by atoms with Crippen molar-refractivity contribution >= 4 is 28.3 Å². The van der Waals surface area contributed by atoms with Crippen LogP contribution in [-0.4, -0.2) is 38.6 Å². The Labute approximate surface area is 183 Å². The van der Waals surface area contributed by atoms with Gasteiger partial charge in [0.05, 0.1) is 34.0 Å². The largest absolute Gasteiger partial charge is 0.471 e. The smallest absolute Gasteiger partial charge is 0.292 e. The number of hydrogen-bond acceptors (Lipinski definition) is 8. The van der Waals surface area contributed by atoms with E-state index in [9.17, 15) is 8.42 Å². The monoisotopic (exact) mass is 461 g/mol. The number of carbonyl (C=O) groups is 1. The predicted octanol–water partition coefficient (Wildman–Crippen LogP) is 2.62. The molecule has 0 atom stereocenters. The number of methoxy groups -OCH3 is 1. The van der Waals surface area contributed by atoms with Gasteiger partial charge in [-0.25, -0.2) is 18.2 Å². The number of aromatic nitrogens is 2. The highest BCUT2D eigenvalue weighted by atomic mass is 32.2. The van der Waals surface area contributed by atoms with E-state index in [2.05, 4.69) is 9.84 Å². The van der Waals surface area contributed by atoms with Crippen molar-refractivity contribution in [2.75, 3.05) is 13.9 Å². The molecule has 5 rings (SSSR count). The van der Waals surface area contributed by atoms with Gasteiger partial charge >= 0.3 is 0 Å². The van der Waals surface area contributed by atoms with Crippen LogP contribution in [0, 0.1) is 6.92 Å². The molecule has 2 aromatic carbocycles. The van der Waals surface area contributed by atoms with Gasteiger partial charge in [0.25, 0.3) is 6.47 Å². The van der Waals surface area contributed by atoms with Gasteiger partial charge in [0.2, 0.25) is 16.8 Å². The van der Waals surface area contributed by atoms with Crippen molar-refractivity contribution < 1.29 is 27.4 Å². The maximum Gasteiger partial charge on any atom is 0.292 e. The van der Waals surface area contributed by atoms with Gasteiger partial charge in [0.1, 0.15) is 0 Å². The number of rotatable bonds is 3. The van der Waals surface area contributed by atoms with E-state index in [1.807, 2.05) is 23.7 Å². The third kappa shape index (κ3) is 3.87. The Hall–Kier alpha value is -3.02. The van der Waals surface area contributed by atoms with E-state index in [4.69, 9.17) is 19.4 Å². The van der Waals surface area contributed by atoms with Gasteiger partial charge in [-0.1, -0.05) is 0 Å². The van der Waals surface area contributed by atoms with E-state index in [1.165, 1.54) is 19.2 Å². The van der Waals surface area contributed by atoms with Crippen LogP contribution in [0.1, 0.15) is 11.3 Å². The highest BCUT2D eigenvalue weighted by molar-refractivity contribution is 7.98. The van der Waals surface area contributed by atoms with Crippen molar-refractivity contribution in [3.05, 3.63) is 47.7 Å². The summed E-state index contributed by atoms with van der Waals surface area (Å²) in [7, 11) is -2.42. The van der Waals surface area contributed by atoms with Crippen LogP contribution in [0.4, 0.5) is 0 Å². The molecule has 9 nitrogen and oxygen atoms in total. The standard InChI is InChI=1S/C18H15N3O4S2.C2H4O2/c1-10-18-16(13-6-7-15-17(25-9-24-15)14(13)8-26-18)21(20-10)11-2-4-12(5-3-11)27(19,22)23;1-4-2-3/h2-7H,8-9H2,1H3,(H2,19,22,23);2H,1H3. The van der Waals surface area contributed by atoms with Crippen molar-refractivity contribution in [2.45, 2.75) is 22.5 Å². The Morgan fingerprint density at radius 3 is 2.55 bits per heavy atom. The number of carbonyl (C=O) groups excluding carboxylic acids is 1. The van der Waals surface area contributed by atoms with Gasteiger partial charge in [0.15, 0.2) is 11.5 Å². The minimum atomic E-state index is -3.73. The summed E-state index contributed by atoms with van der Waals surface area (Å²) in [5.41, 5.74) is 4.79. The first-order valence-electron chi connectivity index (χ1n) is 9.09. The average Bonchev–Trinajstić information content (AvgIpc) is 3.38. The molecule has 0 amide bonds. The van der Waals surface area contributed by atoms with Gasteiger partial charge < -0.3 is 14.2 Å². The molecule has 0 saturated heterocycles. The second-order valence-electron chi connectivity index (χ2n) is 6.66. The highest BCUT2D eigenvalue weighted by Gasteiger charge is 2.30. The maximum atomic E-state index is 11.5. The molecule has 0 saturated carbocycles. The molecule has 11 heteroatoms. The number of sulfonamides is 1. The SMILES string of the molecule is COC=O.Cc1nn(-c2ccc(S(N)(=O)=O)cc2)c2c1SCc1c-2ccc2c1OCO2. The maximum absolute atomic E-state index is 11.5. The average molecular weight is 462 g/mol. The quantitative estimate of drug-likeness (QED) is 0.591. The minimum absolute atomic E-state index is 0.0714. The second-order valence-corrected chi connectivity index (χ2v) is 9.21. The van der Waals surface area contributed by atoms with Gasteiger partial charge in [-0.15, -0.1) is 11.8 Å². The highest BCUT2D eigenvalue weighted by Crippen LogP contribution is 2.50. The molecule has 31 heavy (non-hydrogen) atoms. The van der Waals surface area contributed by atoms with E-state index >= 15 is 0 Å².